The molecule has 0 atom stereocenters. The number of fused-ring (bicyclic) bond motifs is 10. The Morgan fingerprint density at radius 3 is 1.97 bits per heavy atom. The summed E-state index contributed by atoms with van der Waals surface area (Å²) in [6.07, 6.45) is 0. The third-order valence-electron chi connectivity index (χ3n) is 12.4. The molecule has 3 nitrogen and oxygen atoms in total. The van der Waals surface area contributed by atoms with Gasteiger partial charge in [-0.2, -0.15) is 0 Å². The zero-order chi connectivity index (χ0) is 38.6. The number of para-hydroxylation sites is 4. The van der Waals surface area contributed by atoms with E-state index in [2.05, 4.69) is 210 Å². The van der Waals surface area contributed by atoms with Crippen molar-refractivity contribution in [3.05, 3.63) is 200 Å². The number of hydrogen-bond donors (Lipinski definition) is 0. The molecule has 0 fully saturated rings. The molecule has 11 aromatic rings. The molecular weight excluding hydrogens is 735 g/mol. The molecule has 2 aromatic heterocycles. The SMILES string of the molecule is c1ccc(N2B3c4ccccc4Oc4cc(-c5cccc(-n6c7ccccc7c7ccccc76)c5)cc(c43)-c3ccc(-c4cccc5c4sc4ccccc45)cc32)cc1. The minimum absolute atomic E-state index is 0.0896. The van der Waals surface area contributed by atoms with Crippen LogP contribution in [0.5, 0.6) is 11.5 Å². The Morgan fingerprint density at radius 2 is 1.12 bits per heavy atom. The molecule has 0 spiro atoms. The molecule has 0 aliphatic carbocycles. The molecule has 0 saturated carbocycles. The second kappa shape index (κ2) is 12.6. The molecule has 0 N–H and O–H groups in total. The lowest BCUT2D eigenvalue weighted by molar-refractivity contribution is 0.487. The van der Waals surface area contributed by atoms with Gasteiger partial charge in [-0.1, -0.05) is 133 Å². The maximum Gasteiger partial charge on any atom is 0.336 e. The Kier molecular flexibility index (Phi) is 6.98. The predicted octanol–water partition coefficient (Wildman–Crippen LogP) is 13.5. The molecule has 2 aliphatic heterocycles. The second-order valence-corrected chi connectivity index (χ2v) is 16.7. The molecular formula is C54H33BN2OS. The highest BCUT2D eigenvalue weighted by atomic mass is 32.1. The Labute approximate surface area is 345 Å². The fourth-order valence-corrected chi connectivity index (χ4v) is 11.1. The summed E-state index contributed by atoms with van der Waals surface area (Å²) in [6, 6.07) is 73.1. The van der Waals surface area contributed by atoms with Crippen molar-refractivity contribution in [1.29, 1.82) is 0 Å². The van der Waals surface area contributed by atoms with Crippen molar-refractivity contribution in [2.24, 2.45) is 0 Å². The Balaban J connectivity index is 1.05. The largest absolute Gasteiger partial charge is 0.458 e. The maximum absolute atomic E-state index is 6.94. The number of rotatable bonds is 4. The van der Waals surface area contributed by atoms with E-state index >= 15 is 0 Å². The first kappa shape index (κ1) is 32.7. The molecule has 0 saturated heterocycles. The van der Waals surface area contributed by atoms with E-state index in [1.165, 1.54) is 75.4 Å². The average molecular weight is 769 g/mol. The number of anilines is 2. The number of benzene rings is 9. The van der Waals surface area contributed by atoms with Crippen LogP contribution in [0.25, 0.3) is 81.0 Å². The van der Waals surface area contributed by atoms with Crippen molar-refractivity contribution in [2.75, 3.05) is 4.81 Å². The summed E-state index contributed by atoms with van der Waals surface area (Å²) in [5, 5.41) is 5.13. The number of ether oxygens (including phenoxy) is 1. The fourth-order valence-electron chi connectivity index (χ4n) is 9.87. The van der Waals surface area contributed by atoms with Crippen LogP contribution in [-0.4, -0.2) is 11.4 Å². The number of hydrogen-bond acceptors (Lipinski definition) is 3. The van der Waals surface area contributed by atoms with Crippen LogP contribution in [0.2, 0.25) is 0 Å². The van der Waals surface area contributed by atoms with Crippen molar-refractivity contribution in [1.82, 2.24) is 4.57 Å². The molecule has 0 radical (unpaired) electrons. The summed E-state index contributed by atoms with van der Waals surface area (Å²) in [5.41, 5.74) is 15.3. The summed E-state index contributed by atoms with van der Waals surface area (Å²) in [7, 11) is 0. The van der Waals surface area contributed by atoms with E-state index < -0.39 is 0 Å². The molecule has 0 bridgehead atoms. The van der Waals surface area contributed by atoms with Crippen LogP contribution in [0.15, 0.2) is 200 Å². The van der Waals surface area contributed by atoms with Crippen LogP contribution in [0.3, 0.4) is 0 Å². The van der Waals surface area contributed by atoms with Gasteiger partial charge in [0.25, 0.3) is 0 Å². The minimum atomic E-state index is -0.0896. The van der Waals surface area contributed by atoms with Crippen LogP contribution < -0.4 is 20.5 Å². The van der Waals surface area contributed by atoms with Gasteiger partial charge < -0.3 is 14.1 Å². The zero-order valence-corrected chi connectivity index (χ0v) is 32.7. The molecule has 4 heterocycles. The predicted molar refractivity (Wildman–Crippen MR) is 250 cm³/mol. The van der Waals surface area contributed by atoms with Gasteiger partial charge in [-0.15, -0.1) is 11.3 Å². The van der Waals surface area contributed by atoms with Gasteiger partial charge in [0, 0.05) is 59.0 Å². The molecule has 59 heavy (non-hydrogen) atoms. The van der Waals surface area contributed by atoms with Crippen LogP contribution in [0.1, 0.15) is 0 Å². The Bertz CT molecular complexity index is 3460. The van der Waals surface area contributed by atoms with E-state index in [0.29, 0.717) is 0 Å². The van der Waals surface area contributed by atoms with Gasteiger partial charge in [-0.05, 0) is 100 Å². The smallest absolute Gasteiger partial charge is 0.336 e. The summed E-state index contributed by atoms with van der Waals surface area (Å²) >= 11 is 1.88. The first-order chi connectivity index (χ1) is 29.3. The highest BCUT2D eigenvalue weighted by molar-refractivity contribution is 7.26. The minimum Gasteiger partial charge on any atom is -0.458 e. The van der Waals surface area contributed by atoms with Crippen molar-refractivity contribution in [2.45, 2.75) is 0 Å². The van der Waals surface area contributed by atoms with Crippen molar-refractivity contribution in [3.63, 3.8) is 0 Å². The van der Waals surface area contributed by atoms with Gasteiger partial charge in [-0.3, -0.25) is 0 Å². The molecule has 2 aliphatic rings. The topological polar surface area (TPSA) is 17.4 Å². The maximum atomic E-state index is 6.94. The number of thiophene rings is 1. The Morgan fingerprint density at radius 1 is 0.424 bits per heavy atom. The van der Waals surface area contributed by atoms with Crippen LogP contribution in [0, 0.1) is 0 Å². The van der Waals surface area contributed by atoms with Gasteiger partial charge in [0.15, 0.2) is 0 Å². The van der Waals surface area contributed by atoms with E-state index in [1.54, 1.807) is 0 Å². The van der Waals surface area contributed by atoms with Crippen molar-refractivity contribution in [3.8, 4) is 50.6 Å². The third-order valence-corrected chi connectivity index (χ3v) is 13.6. The normalized spacial score (nSPS) is 12.8. The van der Waals surface area contributed by atoms with E-state index in [1.807, 2.05) is 11.3 Å². The quantitative estimate of drug-likeness (QED) is 0.166. The van der Waals surface area contributed by atoms with E-state index in [4.69, 9.17) is 4.74 Å². The highest BCUT2D eigenvalue weighted by Gasteiger charge is 2.44. The van der Waals surface area contributed by atoms with Crippen molar-refractivity contribution < 1.29 is 4.74 Å². The highest BCUT2D eigenvalue weighted by Crippen LogP contribution is 2.48. The first-order valence-corrected chi connectivity index (χ1v) is 21.0. The van der Waals surface area contributed by atoms with E-state index in [0.717, 1.165) is 39.5 Å². The van der Waals surface area contributed by atoms with Gasteiger partial charge in [-0.25, -0.2) is 0 Å². The van der Waals surface area contributed by atoms with E-state index in [-0.39, 0.29) is 6.85 Å². The summed E-state index contributed by atoms with van der Waals surface area (Å²) in [6.45, 7) is -0.0896. The molecule has 9 aromatic carbocycles. The standard InChI is InChI=1S/C54H33BN2OS/c1-2-15-37(16-3-1)57-49-32-35(39-21-13-22-44-43-20-6-11-27-52(43)59-54(39)44)28-29-42(49)45-31-36(33-51-53(45)55(57)46-23-7-10-26-50(46)58-51)34-14-12-17-38(30-34)56-47-24-8-4-18-40(47)41-19-5-9-25-48(41)56/h1-33H. The second-order valence-electron chi connectivity index (χ2n) is 15.6. The number of nitrogens with zero attached hydrogens (tertiary/aromatic N) is 2. The van der Waals surface area contributed by atoms with Crippen LogP contribution in [0.4, 0.5) is 11.4 Å². The first-order valence-electron chi connectivity index (χ1n) is 20.2. The summed E-state index contributed by atoms with van der Waals surface area (Å²) in [5.74, 6) is 1.79. The monoisotopic (exact) mass is 768 g/mol. The molecule has 5 heteroatoms. The molecule has 0 unspecified atom stereocenters. The average Bonchev–Trinajstić information content (AvgIpc) is 3.85. The van der Waals surface area contributed by atoms with E-state index in [9.17, 15) is 0 Å². The van der Waals surface area contributed by atoms with Crippen LogP contribution in [-0.2, 0) is 0 Å². The lowest BCUT2D eigenvalue weighted by Gasteiger charge is -2.42. The van der Waals surface area contributed by atoms with Crippen molar-refractivity contribution >= 4 is 82.5 Å². The number of aromatic nitrogens is 1. The van der Waals surface area contributed by atoms with Crippen LogP contribution >= 0.6 is 11.3 Å². The summed E-state index contributed by atoms with van der Waals surface area (Å²) in [4.78, 5) is 2.54. The molecule has 274 valence electrons. The van der Waals surface area contributed by atoms with Gasteiger partial charge in [0.05, 0.1) is 11.0 Å². The zero-order valence-electron chi connectivity index (χ0n) is 31.8. The van der Waals surface area contributed by atoms with Gasteiger partial charge in [0.2, 0.25) is 0 Å². The lowest BCUT2D eigenvalue weighted by Crippen LogP contribution is -2.59. The fraction of sp³-hybridized carbons (Fsp3) is 0. The van der Waals surface area contributed by atoms with Gasteiger partial charge in [0.1, 0.15) is 11.5 Å². The Hall–Kier alpha value is -7.34. The molecule has 13 rings (SSSR count). The third kappa shape index (κ3) is 4.83. The molecule has 0 amide bonds. The van der Waals surface area contributed by atoms with Gasteiger partial charge >= 0.3 is 6.85 Å². The lowest BCUT2D eigenvalue weighted by atomic mass is 9.44. The summed E-state index contributed by atoms with van der Waals surface area (Å²) < 4.78 is 12.0.